The van der Waals surface area contributed by atoms with Crippen molar-refractivity contribution in [3.05, 3.63) is 11.9 Å². The largest absolute Gasteiger partial charge is 0.384 e. The number of rotatable bonds is 6. The van der Waals surface area contributed by atoms with Crippen LogP contribution >= 0.6 is 0 Å². The van der Waals surface area contributed by atoms with E-state index in [2.05, 4.69) is 5.10 Å². The number of nitrogens with zero attached hydrogens (tertiary/aromatic N) is 3. The first-order valence-corrected chi connectivity index (χ1v) is 5.22. The van der Waals surface area contributed by atoms with Crippen LogP contribution in [0.4, 0.5) is 0 Å². The highest BCUT2D eigenvalue weighted by atomic mass is 16.5. The Morgan fingerprint density at radius 1 is 1.56 bits per heavy atom. The predicted octanol–water partition coefficient (Wildman–Crippen LogP) is 0.742. The van der Waals surface area contributed by atoms with E-state index in [-0.39, 0.29) is 5.82 Å². The van der Waals surface area contributed by atoms with Crippen LogP contribution in [0.15, 0.2) is 17.0 Å². The van der Waals surface area contributed by atoms with Gasteiger partial charge >= 0.3 is 0 Å². The maximum absolute atomic E-state index is 11.4. The third kappa shape index (κ3) is 5.35. The molecule has 92 valence electrons. The van der Waals surface area contributed by atoms with E-state index in [9.17, 15) is 10.0 Å². The van der Waals surface area contributed by atoms with Crippen molar-refractivity contribution in [2.75, 3.05) is 13.6 Å². The topological polar surface area (TPSA) is 82.2 Å². The van der Waals surface area contributed by atoms with Gasteiger partial charge in [-0.15, -0.1) is 0 Å². The van der Waals surface area contributed by atoms with Gasteiger partial charge in [0.2, 0.25) is 0 Å². The second-order valence-electron chi connectivity index (χ2n) is 3.28. The smallest absolute Gasteiger partial charge is 0.273 e. The summed E-state index contributed by atoms with van der Waals surface area (Å²) in [7, 11) is 1.62. The molecule has 0 spiro atoms. The number of hydroxylamine groups is 2. The summed E-state index contributed by atoms with van der Waals surface area (Å²) in [6.07, 6.45) is 4.35. The standard InChI is InChI=1S/C10H20N4O2/c1-4-6-7-14(16)10(15)8-9(11)13(3)12-5-2/h5,8,16H,4,6-7,11H2,1-3H3/b9-8+,12-5+. The molecule has 3 N–H and O–H groups in total. The van der Waals surface area contributed by atoms with Crippen molar-refractivity contribution < 1.29 is 10.0 Å². The minimum absolute atomic E-state index is 0.179. The zero-order chi connectivity index (χ0) is 12.6. The summed E-state index contributed by atoms with van der Waals surface area (Å²) in [6.45, 7) is 4.03. The van der Waals surface area contributed by atoms with Crippen LogP contribution in [-0.4, -0.2) is 41.0 Å². The van der Waals surface area contributed by atoms with Crippen LogP contribution in [0.2, 0.25) is 0 Å². The molecule has 0 atom stereocenters. The van der Waals surface area contributed by atoms with E-state index in [4.69, 9.17) is 5.73 Å². The zero-order valence-corrected chi connectivity index (χ0v) is 10.1. The summed E-state index contributed by atoms with van der Waals surface area (Å²) in [4.78, 5) is 11.4. The molecule has 0 aliphatic heterocycles. The monoisotopic (exact) mass is 228 g/mol. The van der Waals surface area contributed by atoms with Crippen LogP contribution in [0, 0.1) is 0 Å². The fourth-order valence-electron chi connectivity index (χ4n) is 0.952. The Bertz CT molecular complexity index is 276. The van der Waals surface area contributed by atoms with Crippen molar-refractivity contribution in [3.8, 4) is 0 Å². The molecule has 0 radical (unpaired) electrons. The van der Waals surface area contributed by atoms with Crippen molar-refractivity contribution in [1.82, 2.24) is 10.1 Å². The van der Waals surface area contributed by atoms with Crippen LogP contribution in [0.5, 0.6) is 0 Å². The summed E-state index contributed by atoms with van der Waals surface area (Å²) in [5.41, 5.74) is 5.59. The van der Waals surface area contributed by atoms with E-state index >= 15 is 0 Å². The number of amides is 1. The van der Waals surface area contributed by atoms with Crippen molar-refractivity contribution >= 4 is 12.1 Å². The number of hydrogen-bond donors (Lipinski definition) is 2. The van der Waals surface area contributed by atoms with Gasteiger partial charge in [-0.3, -0.25) is 15.0 Å². The van der Waals surface area contributed by atoms with E-state index in [1.807, 2.05) is 6.92 Å². The van der Waals surface area contributed by atoms with E-state index in [1.54, 1.807) is 20.2 Å². The van der Waals surface area contributed by atoms with Gasteiger partial charge in [0, 0.05) is 25.9 Å². The quantitative estimate of drug-likeness (QED) is 0.304. The average molecular weight is 228 g/mol. The molecule has 0 fully saturated rings. The molecule has 0 aromatic heterocycles. The Hall–Kier alpha value is -1.56. The van der Waals surface area contributed by atoms with E-state index in [1.165, 1.54) is 5.01 Å². The minimum Gasteiger partial charge on any atom is -0.384 e. The second kappa shape index (κ2) is 7.70. The van der Waals surface area contributed by atoms with Crippen LogP contribution in [0.3, 0.4) is 0 Å². The number of carbonyl (C=O) groups excluding carboxylic acids is 1. The molecule has 0 saturated carbocycles. The molecule has 0 aliphatic carbocycles. The Balaban J connectivity index is 4.34. The van der Waals surface area contributed by atoms with E-state index < -0.39 is 5.91 Å². The third-order valence-electron chi connectivity index (χ3n) is 1.91. The van der Waals surface area contributed by atoms with Gasteiger partial charge in [0.1, 0.15) is 5.82 Å². The lowest BCUT2D eigenvalue weighted by atomic mass is 10.3. The Labute approximate surface area is 96.0 Å². The second-order valence-corrected chi connectivity index (χ2v) is 3.28. The maximum Gasteiger partial charge on any atom is 0.273 e. The molecule has 0 rings (SSSR count). The van der Waals surface area contributed by atoms with Gasteiger partial charge in [-0.2, -0.15) is 5.10 Å². The van der Waals surface area contributed by atoms with Gasteiger partial charge in [0.05, 0.1) is 0 Å². The van der Waals surface area contributed by atoms with Gasteiger partial charge in [-0.25, -0.2) is 5.06 Å². The number of hydrogen-bond acceptors (Lipinski definition) is 5. The molecule has 0 bridgehead atoms. The number of unbranched alkanes of at least 4 members (excludes halogenated alkanes) is 1. The minimum atomic E-state index is -0.538. The number of carbonyl (C=O) groups is 1. The Morgan fingerprint density at radius 3 is 2.69 bits per heavy atom. The first-order chi connectivity index (χ1) is 7.52. The Morgan fingerprint density at radius 2 is 2.19 bits per heavy atom. The van der Waals surface area contributed by atoms with Gasteiger partial charge < -0.3 is 5.73 Å². The average Bonchev–Trinajstić information content (AvgIpc) is 2.25. The van der Waals surface area contributed by atoms with Crippen LogP contribution < -0.4 is 5.73 Å². The summed E-state index contributed by atoms with van der Waals surface area (Å²) in [5.74, 6) is -0.359. The van der Waals surface area contributed by atoms with Gasteiger partial charge in [0.15, 0.2) is 0 Å². The predicted molar refractivity (Wildman–Crippen MR) is 62.6 cm³/mol. The summed E-state index contributed by atoms with van der Waals surface area (Å²) >= 11 is 0. The highest BCUT2D eigenvalue weighted by Gasteiger charge is 2.09. The summed E-state index contributed by atoms with van der Waals surface area (Å²) in [5, 5.41) is 15.2. The third-order valence-corrected chi connectivity index (χ3v) is 1.91. The fourth-order valence-corrected chi connectivity index (χ4v) is 0.952. The van der Waals surface area contributed by atoms with E-state index in [0.717, 1.165) is 18.9 Å². The molecule has 0 aromatic carbocycles. The molecule has 0 aromatic rings. The van der Waals surface area contributed by atoms with Crippen LogP contribution in [0.25, 0.3) is 0 Å². The maximum atomic E-state index is 11.4. The Kier molecular flexibility index (Phi) is 6.95. The number of hydrazone groups is 1. The molecule has 6 heteroatoms. The first kappa shape index (κ1) is 14.4. The molecule has 1 amide bonds. The molecular formula is C10H20N4O2. The molecule has 0 aliphatic rings. The van der Waals surface area contributed by atoms with Crippen LogP contribution in [0.1, 0.15) is 26.7 Å². The van der Waals surface area contributed by atoms with Crippen molar-refractivity contribution in [2.45, 2.75) is 26.7 Å². The summed E-state index contributed by atoms with van der Waals surface area (Å²) < 4.78 is 0. The van der Waals surface area contributed by atoms with Gasteiger partial charge in [-0.1, -0.05) is 13.3 Å². The highest BCUT2D eigenvalue weighted by molar-refractivity contribution is 5.87. The summed E-state index contributed by atoms with van der Waals surface area (Å²) in [6, 6.07) is 0. The zero-order valence-electron chi connectivity index (χ0n) is 10.1. The molecule has 6 nitrogen and oxygen atoms in total. The number of nitrogens with two attached hydrogens (primary N) is 1. The van der Waals surface area contributed by atoms with Crippen molar-refractivity contribution in [1.29, 1.82) is 0 Å². The SMILES string of the molecule is C/C=N/N(C)/C(N)=C/C(=O)N(O)CCCC. The normalized spacial score (nSPS) is 11.9. The van der Waals surface area contributed by atoms with E-state index in [0.29, 0.717) is 11.6 Å². The first-order valence-electron chi connectivity index (χ1n) is 5.22. The lowest BCUT2D eigenvalue weighted by Crippen LogP contribution is -2.29. The lowest BCUT2D eigenvalue weighted by Gasteiger charge is -2.15. The lowest BCUT2D eigenvalue weighted by molar-refractivity contribution is -0.159. The molecular weight excluding hydrogens is 208 g/mol. The highest BCUT2D eigenvalue weighted by Crippen LogP contribution is 1.98. The molecule has 0 saturated heterocycles. The van der Waals surface area contributed by atoms with Crippen molar-refractivity contribution in [2.24, 2.45) is 10.8 Å². The molecule has 16 heavy (non-hydrogen) atoms. The van der Waals surface area contributed by atoms with Gasteiger partial charge in [-0.05, 0) is 13.3 Å². The molecule has 0 unspecified atom stereocenters. The van der Waals surface area contributed by atoms with Crippen molar-refractivity contribution in [3.63, 3.8) is 0 Å². The molecule has 0 heterocycles. The fraction of sp³-hybridized carbons (Fsp3) is 0.600. The van der Waals surface area contributed by atoms with Gasteiger partial charge in [0.25, 0.3) is 5.91 Å². The van der Waals surface area contributed by atoms with Crippen LogP contribution in [-0.2, 0) is 4.79 Å².